The molecule has 7 heteroatoms. The van der Waals surface area contributed by atoms with Crippen LogP contribution in [-0.2, 0) is 4.74 Å². The minimum absolute atomic E-state index is 0.298. The van der Waals surface area contributed by atoms with Crippen LogP contribution in [0.15, 0.2) is 29.4 Å². The van der Waals surface area contributed by atoms with Gasteiger partial charge < -0.3 is 4.74 Å². The molecule has 0 unspecified atom stereocenters. The average Bonchev–Trinajstić information content (AvgIpc) is 2.81. The number of nitrogens with one attached hydrogen (secondary N) is 1. The number of halogens is 1. The minimum Gasteiger partial charge on any atom is -0.465 e. The quantitative estimate of drug-likeness (QED) is 0.535. The van der Waals surface area contributed by atoms with E-state index in [1.54, 1.807) is 19.1 Å². The maximum absolute atomic E-state index is 12.7. The standard InChI is InChI=1S/C13H12FN3O2S/c1-8-11(12(18)19-2)20-13(16-8)17-15-7-9-3-5-10(14)6-4-9/h3-7H,1-2H3,(H,16,17)/b15-7+. The topological polar surface area (TPSA) is 63.6 Å². The molecule has 0 spiro atoms. The monoisotopic (exact) mass is 293 g/mol. The first-order chi connectivity index (χ1) is 9.60. The lowest BCUT2D eigenvalue weighted by Gasteiger charge is -1.94. The molecule has 0 aliphatic carbocycles. The number of hydrazone groups is 1. The number of aromatic nitrogens is 1. The van der Waals surface area contributed by atoms with Gasteiger partial charge in [-0.25, -0.2) is 14.2 Å². The van der Waals surface area contributed by atoms with Gasteiger partial charge in [0.1, 0.15) is 10.7 Å². The Morgan fingerprint density at radius 1 is 1.45 bits per heavy atom. The van der Waals surface area contributed by atoms with Crippen molar-refractivity contribution >= 4 is 28.7 Å². The maximum atomic E-state index is 12.7. The first kappa shape index (κ1) is 14.1. The van der Waals surface area contributed by atoms with Gasteiger partial charge in [-0.2, -0.15) is 5.10 Å². The van der Waals surface area contributed by atoms with E-state index < -0.39 is 5.97 Å². The number of thiazole rings is 1. The first-order valence-electron chi connectivity index (χ1n) is 5.70. The van der Waals surface area contributed by atoms with Crippen molar-refractivity contribution in [2.24, 2.45) is 5.10 Å². The van der Waals surface area contributed by atoms with Gasteiger partial charge in [-0.1, -0.05) is 23.5 Å². The molecule has 0 bridgehead atoms. The van der Waals surface area contributed by atoms with E-state index in [9.17, 15) is 9.18 Å². The van der Waals surface area contributed by atoms with Crippen molar-refractivity contribution in [3.8, 4) is 0 Å². The highest BCUT2D eigenvalue weighted by Crippen LogP contribution is 2.23. The Morgan fingerprint density at radius 3 is 2.80 bits per heavy atom. The molecule has 0 saturated carbocycles. The summed E-state index contributed by atoms with van der Waals surface area (Å²) in [4.78, 5) is 16.0. The van der Waals surface area contributed by atoms with Gasteiger partial charge in [0.05, 0.1) is 19.0 Å². The Labute approximate surface area is 119 Å². The zero-order valence-corrected chi connectivity index (χ0v) is 11.7. The molecule has 20 heavy (non-hydrogen) atoms. The predicted molar refractivity (Wildman–Crippen MR) is 75.8 cm³/mol. The summed E-state index contributed by atoms with van der Waals surface area (Å²) in [5, 5.41) is 4.47. The fraction of sp³-hybridized carbons (Fsp3) is 0.154. The Morgan fingerprint density at radius 2 is 2.15 bits per heavy atom. The van der Waals surface area contributed by atoms with Crippen LogP contribution in [0.3, 0.4) is 0 Å². The third kappa shape index (κ3) is 3.39. The van der Waals surface area contributed by atoms with Gasteiger partial charge in [-0.15, -0.1) is 0 Å². The molecule has 0 saturated heterocycles. The summed E-state index contributed by atoms with van der Waals surface area (Å²) in [5.41, 5.74) is 4.06. The molecule has 0 radical (unpaired) electrons. The number of nitrogens with zero attached hydrogens (tertiary/aromatic N) is 2. The molecule has 0 atom stereocenters. The smallest absolute Gasteiger partial charge is 0.350 e. The lowest BCUT2D eigenvalue weighted by molar-refractivity contribution is 0.0605. The maximum Gasteiger partial charge on any atom is 0.350 e. The van der Waals surface area contributed by atoms with Crippen LogP contribution >= 0.6 is 11.3 Å². The largest absolute Gasteiger partial charge is 0.465 e. The fourth-order valence-corrected chi connectivity index (χ4v) is 2.27. The number of rotatable bonds is 4. The van der Waals surface area contributed by atoms with E-state index in [-0.39, 0.29) is 5.82 Å². The second kappa shape index (κ2) is 6.25. The summed E-state index contributed by atoms with van der Waals surface area (Å²) in [6.07, 6.45) is 1.54. The summed E-state index contributed by atoms with van der Waals surface area (Å²) >= 11 is 1.16. The van der Waals surface area contributed by atoms with E-state index in [1.165, 1.54) is 25.5 Å². The summed E-state index contributed by atoms with van der Waals surface area (Å²) in [7, 11) is 1.32. The summed E-state index contributed by atoms with van der Waals surface area (Å²) < 4.78 is 17.4. The van der Waals surface area contributed by atoms with E-state index in [0.29, 0.717) is 15.7 Å². The third-order valence-electron chi connectivity index (χ3n) is 2.41. The summed E-state index contributed by atoms with van der Waals surface area (Å²) in [5.74, 6) is -0.719. The normalized spacial score (nSPS) is 10.8. The molecular formula is C13H12FN3O2S. The molecule has 2 aromatic rings. The number of hydrogen-bond acceptors (Lipinski definition) is 6. The highest BCUT2D eigenvalue weighted by molar-refractivity contribution is 7.17. The van der Waals surface area contributed by atoms with Gasteiger partial charge in [0, 0.05) is 0 Å². The molecule has 0 aliphatic heterocycles. The van der Waals surface area contributed by atoms with Crippen LogP contribution in [0.4, 0.5) is 9.52 Å². The van der Waals surface area contributed by atoms with Gasteiger partial charge in [0.25, 0.3) is 0 Å². The molecule has 1 aromatic carbocycles. The third-order valence-corrected chi connectivity index (χ3v) is 3.45. The molecule has 104 valence electrons. The molecule has 0 aliphatic rings. The number of aryl methyl sites for hydroxylation is 1. The summed E-state index contributed by atoms with van der Waals surface area (Å²) in [6, 6.07) is 5.91. The van der Waals surface area contributed by atoms with E-state index in [1.807, 2.05) is 0 Å². The molecule has 2 rings (SSSR count). The van der Waals surface area contributed by atoms with Gasteiger partial charge in [0.2, 0.25) is 5.13 Å². The number of hydrogen-bond donors (Lipinski definition) is 1. The van der Waals surface area contributed by atoms with E-state index in [0.717, 1.165) is 16.9 Å². The Kier molecular flexibility index (Phi) is 4.41. The van der Waals surface area contributed by atoms with Gasteiger partial charge >= 0.3 is 5.97 Å². The molecule has 0 fully saturated rings. The van der Waals surface area contributed by atoms with Crippen LogP contribution in [0, 0.1) is 12.7 Å². The van der Waals surface area contributed by atoms with Crippen molar-refractivity contribution in [1.29, 1.82) is 0 Å². The average molecular weight is 293 g/mol. The second-order valence-electron chi connectivity index (χ2n) is 3.85. The Hall–Kier alpha value is -2.28. The van der Waals surface area contributed by atoms with Gasteiger partial charge in [-0.05, 0) is 24.6 Å². The number of carbonyl (C=O) groups is 1. The lowest BCUT2D eigenvalue weighted by atomic mass is 10.2. The van der Waals surface area contributed by atoms with Crippen LogP contribution < -0.4 is 5.43 Å². The second-order valence-corrected chi connectivity index (χ2v) is 4.85. The fourth-order valence-electron chi connectivity index (χ4n) is 1.44. The molecule has 5 nitrogen and oxygen atoms in total. The first-order valence-corrected chi connectivity index (χ1v) is 6.52. The van der Waals surface area contributed by atoms with Crippen LogP contribution in [-0.4, -0.2) is 24.3 Å². The molecule has 0 amide bonds. The highest BCUT2D eigenvalue weighted by Gasteiger charge is 2.15. The summed E-state index contributed by atoms with van der Waals surface area (Å²) in [6.45, 7) is 1.72. The Bertz CT molecular complexity index is 638. The van der Waals surface area contributed by atoms with E-state index >= 15 is 0 Å². The molecule has 1 heterocycles. The van der Waals surface area contributed by atoms with Crippen LogP contribution in [0.2, 0.25) is 0 Å². The van der Waals surface area contributed by atoms with Gasteiger partial charge in [0.15, 0.2) is 0 Å². The number of anilines is 1. The van der Waals surface area contributed by atoms with Crippen LogP contribution in [0.5, 0.6) is 0 Å². The van der Waals surface area contributed by atoms with Gasteiger partial charge in [-0.3, -0.25) is 5.43 Å². The SMILES string of the molecule is COC(=O)c1sc(N/N=C/c2ccc(F)cc2)nc1C. The van der Waals surface area contributed by atoms with Crippen molar-refractivity contribution in [3.05, 3.63) is 46.2 Å². The van der Waals surface area contributed by atoms with Crippen molar-refractivity contribution in [2.75, 3.05) is 12.5 Å². The number of benzene rings is 1. The lowest BCUT2D eigenvalue weighted by Crippen LogP contribution is -1.99. The number of esters is 1. The minimum atomic E-state index is -0.421. The van der Waals surface area contributed by atoms with Crippen LogP contribution in [0.25, 0.3) is 0 Å². The van der Waals surface area contributed by atoms with Crippen molar-refractivity contribution < 1.29 is 13.9 Å². The van der Waals surface area contributed by atoms with Crippen molar-refractivity contribution in [1.82, 2.24) is 4.98 Å². The Balaban J connectivity index is 2.04. The number of carbonyl (C=O) groups excluding carboxylic acids is 1. The van der Waals surface area contributed by atoms with E-state index in [2.05, 4.69) is 20.2 Å². The molecule has 1 N–H and O–H groups in total. The number of ether oxygens (including phenoxy) is 1. The highest BCUT2D eigenvalue weighted by atomic mass is 32.1. The number of methoxy groups -OCH3 is 1. The van der Waals surface area contributed by atoms with Crippen molar-refractivity contribution in [3.63, 3.8) is 0 Å². The van der Waals surface area contributed by atoms with Crippen LogP contribution in [0.1, 0.15) is 20.9 Å². The van der Waals surface area contributed by atoms with Crippen molar-refractivity contribution in [2.45, 2.75) is 6.92 Å². The van der Waals surface area contributed by atoms with E-state index in [4.69, 9.17) is 0 Å². The predicted octanol–water partition coefficient (Wildman–Crippen LogP) is 2.82. The zero-order chi connectivity index (χ0) is 14.5. The molecular weight excluding hydrogens is 281 g/mol. The zero-order valence-electron chi connectivity index (χ0n) is 10.9. The molecule has 1 aromatic heterocycles.